The number of amides is 1. The van der Waals surface area contributed by atoms with Crippen molar-refractivity contribution in [3.05, 3.63) is 48.5 Å². The number of rotatable bonds is 7. The summed E-state index contributed by atoms with van der Waals surface area (Å²) in [6, 6.07) is 9.76. The maximum atomic E-state index is 11.9. The Kier molecular flexibility index (Phi) is 5.00. The first-order chi connectivity index (χ1) is 11.7. The Morgan fingerprint density at radius 2 is 1.92 bits per heavy atom. The van der Waals surface area contributed by atoms with Crippen molar-refractivity contribution in [1.29, 1.82) is 0 Å². The zero-order valence-electron chi connectivity index (χ0n) is 13.6. The van der Waals surface area contributed by atoms with E-state index in [2.05, 4.69) is 30.2 Å². The van der Waals surface area contributed by atoms with E-state index in [1.54, 1.807) is 18.5 Å². The van der Waals surface area contributed by atoms with Crippen molar-refractivity contribution < 1.29 is 4.79 Å². The standard InChI is InChI=1S/C17H20N6O/c1-23-14-6-3-2-5-13(14)22-15(23)7-11-18-16(24)8-12-21-17-19-9-4-10-20-17/h2-6,9-10H,7-8,11-12H2,1H3,(H,18,24)(H,19,20,21). The minimum absolute atomic E-state index is 0.00260. The first-order valence-corrected chi connectivity index (χ1v) is 7.92. The summed E-state index contributed by atoms with van der Waals surface area (Å²) in [4.78, 5) is 24.5. The molecular weight excluding hydrogens is 304 g/mol. The molecule has 0 spiro atoms. The van der Waals surface area contributed by atoms with Crippen LogP contribution in [0, 0.1) is 0 Å². The average Bonchev–Trinajstić information content (AvgIpc) is 2.92. The van der Waals surface area contributed by atoms with Crippen LogP contribution in [0.15, 0.2) is 42.7 Å². The van der Waals surface area contributed by atoms with Crippen molar-refractivity contribution in [2.24, 2.45) is 7.05 Å². The number of para-hydroxylation sites is 2. The molecule has 2 N–H and O–H groups in total. The second-order valence-corrected chi connectivity index (χ2v) is 5.42. The molecule has 0 radical (unpaired) electrons. The maximum absolute atomic E-state index is 11.9. The highest BCUT2D eigenvalue weighted by Gasteiger charge is 2.07. The van der Waals surface area contributed by atoms with E-state index in [4.69, 9.17) is 0 Å². The summed E-state index contributed by atoms with van der Waals surface area (Å²) in [6.07, 6.45) is 4.39. The Bertz CT molecular complexity index is 814. The highest BCUT2D eigenvalue weighted by atomic mass is 16.1. The predicted molar refractivity (Wildman–Crippen MR) is 92.6 cm³/mol. The lowest BCUT2D eigenvalue weighted by molar-refractivity contribution is -0.120. The third-order valence-corrected chi connectivity index (χ3v) is 3.75. The molecule has 3 rings (SSSR count). The fourth-order valence-electron chi connectivity index (χ4n) is 2.50. The van der Waals surface area contributed by atoms with Crippen LogP contribution in [0.2, 0.25) is 0 Å². The quantitative estimate of drug-likeness (QED) is 0.688. The maximum Gasteiger partial charge on any atom is 0.222 e. The van der Waals surface area contributed by atoms with E-state index in [-0.39, 0.29) is 5.91 Å². The lowest BCUT2D eigenvalue weighted by atomic mass is 10.3. The van der Waals surface area contributed by atoms with Gasteiger partial charge < -0.3 is 15.2 Å². The van der Waals surface area contributed by atoms with Crippen LogP contribution in [0.5, 0.6) is 0 Å². The highest BCUT2D eigenvalue weighted by molar-refractivity contribution is 5.77. The summed E-state index contributed by atoms with van der Waals surface area (Å²) in [5, 5.41) is 5.93. The lowest BCUT2D eigenvalue weighted by Gasteiger charge is -2.06. The molecule has 1 amide bonds. The summed E-state index contributed by atoms with van der Waals surface area (Å²) in [7, 11) is 2.00. The molecule has 0 fully saturated rings. The third-order valence-electron chi connectivity index (χ3n) is 3.75. The SMILES string of the molecule is Cn1c(CCNC(=O)CCNc2ncccn2)nc2ccccc21. The molecule has 2 heterocycles. The number of benzene rings is 1. The van der Waals surface area contributed by atoms with E-state index < -0.39 is 0 Å². The van der Waals surface area contributed by atoms with Crippen LogP contribution < -0.4 is 10.6 Å². The Morgan fingerprint density at radius 3 is 2.71 bits per heavy atom. The average molecular weight is 324 g/mol. The molecule has 7 heteroatoms. The second-order valence-electron chi connectivity index (χ2n) is 5.42. The van der Waals surface area contributed by atoms with Crippen molar-refractivity contribution >= 4 is 22.9 Å². The van der Waals surface area contributed by atoms with Crippen molar-refractivity contribution in [3.8, 4) is 0 Å². The number of carbonyl (C=O) groups excluding carboxylic acids is 1. The topological polar surface area (TPSA) is 84.7 Å². The van der Waals surface area contributed by atoms with Crippen LogP contribution in [0.1, 0.15) is 12.2 Å². The van der Waals surface area contributed by atoms with Crippen LogP contribution in [-0.2, 0) is 18.3 Å². The normalized spacial score (nSPS) is 10.7. The van der Waals surface area contributed by atoms with Gasteiger partial charge in [-0.3, -0.25) is 4.79 Å². The van der Waals surface area contributed by atoms with Gasteiger partial charge in [-0.2, -0.15) is 0 Å². The fourth-order valence-corrected chi connectivity index (χ4v) is 2.50. The number of nitrogens with one attached hydrogen (secondary N) is 2. The van der Waals surface area contributed by atoms with Crippen LogP contribution in [0.4, 0.5) is 5.95 Å². The van der Waals surface area contributed by atoms with E-state index in [9.17, 15) is 4.79 Å². The largest absolute Gasteiger partial charge is 0.356 e. The number of hydrogen-bond acceptors (Lipinski definition) is 5. The number of hydrogen-bond donors (Lipinski definition) is 2. The minimum atomic E-state index is -0.00260. The molecule has 0 aliphatic carbocycles. The third kappa shape index (κ3) is 3.87. The van der Waals surface area contributed by atoms with Gasteiger partial charge in [0.15, 0.2) is 0 Å². The predicted octanol–water partition coefficient (Wildman–Crippen LogP) is 1.52. The number of fused-ring (bicyclic) bond motifs is 1. The number of imidazole rings is 1. The molecule has 2 aromatic heterocycles. The molecule has 0 aliphatic heterocycles. The van der Waals surface area contributed by atoms with Gasteiger partial charge in [-0.15, -0.1) is 0 Å². The Labute approximate surface area is 140 Å². The molecule has 0 aliphatic rings. The number of carbonyl (C=O) groups is 1. The van der Waals surface area contributed by atoms with Crippen molar-refractivity contribution in [2.45, 2.75) is 12.8 Å². The summed E-state index contributed by atoms with van der Waals surface area (Å²) in [6.45, 7) is 1.07. The van der Waals surface area contributed by atoms with Gasteiger partial charge in [0, 0.05) is 45.4 Å². The molecule has 0 saturated heterocycles. The zero-order valence-corrected chi connectivity index (χ0v) is 13.6. The highest BCUT2D eigenvalue weighted by Crippen LogP contribution is 2.14. The van der Waals surface area contributed by atoms with E-state index in [0.29, 0.717) is 31.9 Å². The monoisotopic (exact) mass is 324 g/mol. The second kappa shape index (κ2) is 7.54. The number of aromatic nitrogens is 4. The van der Waals surface area contributed by atoms with Crippen LogP contribution in [0.3, 0.4) is 0 Å². The summed E-state index contributed by atoms with van der Waals surface area (Å²) in [5.74, 6) is 1.49. The minimum Gasteiger partial charge on any atom is -0.356 e. The van der Waals surface area contributed by atoms with Gasteiger partial charge in [0.1, 0.15) is 5.82 Å². The number of nitrogens with zero attached hydrogens (tertiary/aromatic N) is 4. The molecule has 0 unspecified atom stereocenters. The Balaban J connectivity index is 1.42. The van der Waals surface area contributed by atoms with E-state index in [1.165, 1.54) is 0 Å². The lowest BCUT2D eigenvalue weighted by Crippen LogP contribution is -2.28. The molecule has 124 valence electrons. The molecule has 24 heavy (non-hydrogen) atoms. The van der Waals surface area contributed by atoms with E-state index in [1.807, 2.05) is 31.3 Å². The van der Waals surface area contributed by atoms with Crippen molar-refractivity contribution in [1.82, 2.24) is 24.8 Å². The van der Waals surface area contributed by atoms with E-state index >= 15 is 0 Å². The number of aryl methyl sites for hydroxylation is 1. The molecule has 3 aromatic rings. The molecule has 7 nitrogen and oxygen atoms in total. The van der Waals surface area contributed by atoms with Crippen LogP contribution in [-0.4, -0.2) is 38.5 Å². The zero-order chi connectivity index (χ0) is 16.8. The molecule has 0 atom stereocenters. The van der Waals surface area contributed by atoms with E-state index in [0.717, 1.165) is 16.9 Å². The Morgan fingerprint density at radius 1 is 1.12 bits per heavy atom. The van der Waals surface area contributed by atoms with Gasteiger partial charge in [-0.1, -0.05) is 12.1 Å². The van der Waals surface area contributed by atoms with Crippen LogP contribution in [0.25, 0.3) is 11.0 Å². The van der Waals surface area contributed by atoms with Gasteiger partial charge in [0.25, 0.3) is 0 Å². The van der Waals surface area contributed by atoms with Crippen molar-refractivity contribution in [3.63, 3.8) is 0 Å². The summed E-state index contributed by atoms with van der Waals surface area (Å²) < 4.78 is 2.07. The molecule has 1 aromatic carbocycles. The number of anilines is 1. The molecule has 0 saturated carbocycles. The first kappa shape index (κ1) is 15.9. The van der Waals surface area contributed by atoms with Crippen molar-refractivity contribution in [2.75, 3.05) is 18.4 Å². The van der Waals surface area contributed by atoms with Crippen LogP contribution >= 0.6 is 0 Å². The fraction of sp³-hybridized carbons (Fsp3) is 0.294. The smallest absolute Gasteiger partial charge is 0.222 e. The van der Waals surface area contributed by atoms with Gasteiger partial charge in [0.05, 0.1) is 11.0 Å². The van der Waals surface area contributed by atoms with Gasteiger partial charge in [0.2, 0.25) is 11.9 Å². The first-order valence-electron chi connectivity index (χ1n) is 7.92. The summed E-state index contributed by atoms with van der Waals surface area (Å²) in [5.41, 5.74) is 2.08. The van der Waals surface area contributed by atoms with Gasteiger partial charge in [-0.25, -0.2) is 15.0 Å². The molecular formula is C17H20N6O. The Hall–Kier alpha value is -2.96. The van der Waals surface area contributed by atoms with Gasteiger partial charge >= 0.3 is 0 Å². The molecule has 0 bridgehead atoms. The van der Waals surface area contributed by atoms with Gasteiger partial charge in [-0.05, 0) is 18.2 Å². The summed E-state index contributed by atoms with van der Waals surface area (Å²) >= 11 is 0.